The van der Waals surface area contributed by atoms with E-state index in [1.54, 1.807) is 24.3 Å². The zero-order valence-corrected chi connectivity index (χ0v) is 20.2. The van der Waals surface area contributed by atoms with Crippen LogP contribution in [0.1, 0.15) is 30.7 Å². The fourth-order valence-electron chi connectivity index (χ4n) is 4.27. The monoisotopic (exact) mass is 498 g/mol. The average Bonchev–Trinajstić information content (AvgIpc) is 3.26. The molecule has 0 amide bonds. The summed E-state index contributed by atoms with van der Waals surface area (Å²) in [4.78, 5) is 0.244. The van der Waals surface area contributed by atoms with Crippen LogP contribution in [0.3, 0.4) is 0 Å². The molecule has 0 spiro atoms. The third-order valence-corrected chi connectivity index (χ3v) is 9.56. The number of piperidine rings is 1. The fraction of sp³-hybridized carbons (Fsp3) is 0.455. The van der Waals surface area contributed by atoms with Gasteiger partial charge in [-0.05, 0) is 67.1 Å². The molecule has 2 aliphatic heterocycles. The van der Waals surface area contributed by atoms with E-state index >= 15 is 0 Å². The Bertz CT molecular complexity index is 1140. The molecule has 1 atom stereocenters. The Kier molecular flexibility index (Phi) is 6.84. The van der Waals surface area contributed by atoms with E-state index in [9.17, 15) is 16.8 Å². The second kappa shape index (κ2) is 9.30. The standard InChI is InChI=1S/C22H27ClN2O5S2/c1-31(26,27)24-14-11-21(12-15-24)30-20-6-8-22(9-7-20)32(28,29)25-13-10-18(16-25)17-2-4-19(23)5-3-17/h2-9,18,21H,10-16H2,1H3. The van der Waals surface area contributed by atoms with Crippen molar-refractivity contribution in [1.82, 2.24) is 8.61 Å². The molecular formula is C22H27ClN2O5S2. The van der Waals surface area contributed by atoms with Gasteiger partial charge in [-0.1, -0.05) is 23.7 Å². The maximum absolute atomic E-state index is 13.1. The predicted molar refractivity (Wildman–Crippen MR) is 124 cm³/mol. The molecular weight excluding hydrogens is 472 g/mol. The third-order valence-electron chi connectivity index (χ3n) is 6.13. The van der Waals surface area contributed by atoms with Gasteiger partial charge in [0.2, 0.25) is 20.0 Å². The molecule has 2 aromatic carbocycles. The highest BCUT2D eigenvalue weighted by atomic mass is 35.5. The molecule has 0 aliphatic carbocycles. The second-order valence-electron chi connectivity index (χ2n) is 8.35. The smallest absolute Gasteiger partial charge is 0.243 e. The first-order chi connectivity index (χ1) is 15.1. The third kappa shape index (κ3) is 5.28. The summed E-state index contributed by atoms with van der Waals surface area (Å²) >= 11 is 5.96. The number of hydrogen-bond donors (Lipinski definition) is 0. The first-order valence-corrected chi connectivity index (χ1v) is 14.3. The van der Waals surface area contributed by atoms with E-state index in [1.807, 2.05) is 24.3 Å². The number of hydrogen-bond acceptors (Lipinski definition) is 5. The average molecular weight is 499 g/mol. The Hall–Kier alpha value is -1.65. The van der Waals surface area contributed by atoms with Crippen LogP contribution in [-0.4, -0.2) is 64.0 Å². The van der Waals surface area contributed by atoms with Gasteiger partial charge in [0.15, 0.2) is 0 Å². The largest absolute Gasteiger partial charge is 0.490 e. The summed E-state index contributed by atoms with van der Waals surface area (Å²) in [5.41, 5.74) is 1.10. The zero-order valence-electron chi connectivity index (χ0n) is 17.9. The summed E-state index contributed by atoms with van der Waals surface area (Å²) in [5.74, 6) is 0.740. The molecule has 2 saturated heterocycles. The van der Waals surface area contributed by atoms with Crippen LogP contribution < -0.4 is 4.74 Å². The molecule has 2 heterocycles. The van der Waals surface area contributed by atoms with E-state index < -0.39 is 20.0 Å². The van der Waals surface area contributed by atoms with Crippen molar-refractivity contribution in [2.24, 2.45) is 0 Å². The van der Waals surface area contributed by atoms with Gasteiger partial charge in [-0.2, -0.15) is 4.31 Å². The molecule has 2 aliphatic rings. The lowest BCUT2D eigenvalue weighted by molar-refractivity contribution is 0.135. The minimum atomic E-state index is -3.58. The Morgan fingerprint density at radius 2 is 1.44 bits per heavy atom. The topological polar surface area (TPSA) is 84.0 Å². The van der Waals surface area contributed by atoms with Gasteiger partial charge in [0, 0.05) is 31.2 Å². The van der Waals surface area contributed by atoms with Crippen LogP contribution in [0.4, 0.5) is 0 Å². The Morgan fingerprint density at radius 1 is 0.844 bits per heavy atom. The Labute approximate surface area is 195 Å². The normalized spacial score (nSPS) is 21.6. The molecule has 2 aromatic rings. The molecule has 0 N–H and O–H groups in total. The van der Waals surface area contributed by atoms with E-state index in [-0.39, 0.29) is 16.9 Å². The van der Waals surface area contributed by atoms with Crippen molar-refractivity contribution in [3.05, 3.63) is 59.1 Å². The predicted octanol–water partition coefficient (Wildman–Crippen LogP) is 3.32. The Balaban J connectivity index is 1.36. The molecule has 0 radical (unpaired) electrons. The number of sulfonamides is 2. The highest BCUT2D eigenvalue weighted by molar-refractivity contribution is 7.89. The van der Waals surface area contributed by atoms with Crippen molar-refractivity contribution in [3.8, 4) is 5.75 Å². The maximum atomic E-state index is 13.1. The quantitative estimate of drug-likeness (QED) is 0.610. The van der Waals surface area contributed by atoms with Crippen LogP contribution in [-0.2, 0) is 20.0 Å². The lowest BCUT2D eigenvalue weighted by atomic mass is 9.99. The van der Waals surface area contributed by atoms with Gasteiger partial charge >= 0.3 is 0 Å². The van der Waals surface area contributed by atoms with E-state index in [1.165, 1.54) is 14.9 Å². The summed E-state index contributed by atoms with van der Waals surface area (Å²) in [5, 5.41) is 0.666. The van der Waals surface area contributed by atoms with Crippen molar-refractivity contribution in [2.45, 2.75) is 36.2 Å². The maximum Gasteiger partial charge on any atom is 0.243 e. The van der Waals surface area contributed by atoms with E-state index in [4.69, 9.17) is 16.3 Å². The summed E-state index contributed by atoms with van der Waals surface area (Å²) in [6, 6.07) is 14.1. The lowest BCUT2D eigenvalue weighted by Gasteiger charge is -2.30. The second-order valence-corrected chi connectivity index (χ2v) is 12.7. The SMILES string of the molecule is CS(=O)(=O)N1CCC(Oc2ccc(S(=O)(=O)N3CCC(c4ccc(Cl)cc4)C3)cc2)CC1. The van der Waals surface area contributed by atoms with Crippen molar-refractivity contribution in [2.75, 3.05) is 32.4 Å². The lowest BCUT2D eigenvalue weighted by Crippen LogP contribution is -2.41. The first-order valence-electron chi connectivity index (χ1n) is 10.6. The van der Waals surface area contributed by atoms with Crippen LogP contribution in [0, 0.1) is 0 Å². The number of ether oxygens (including phenoxy) is 1. The molecule has 2 fully saturated rings. The number of benzene rings is 2. The minimum Gasteiger partial charge on any atom is -0.490 e. The summed E-state index contributed by atoms with van der Waals surface area (Å²) in [6.07, 6.45) is 3.11. The van der Waals surface area contributed by atoms with E-state index in [0.29, 0.717) is 49.8 Å². The van der Waals surface area contributed by atoms with Gasteiger partial charge in [0.05, 0.1) is 11.2 Å². The summed E-state index contributed by atoms with van der Waals surface area (Å²) in [6.45, 7) is 1.79. The molecule has 0 aromatic heterocycles. The molecule has 4 rings (SSSR count). The molecule has 0 bridgehead atoms. The molecule has 7 nitrogen and oxygen atoms in total. The molecule has 32 heavy (non-hydrogen) atoms. The highest BCUT2D eigenvalue weighted by Crippen LogP contribution is 2.32. The van der Waals surface area contributed by atoms with Crippen molar-refractivity contribution in [1.29, 1.82) is 0 Å². The zero-order chi connectivity index (χ0) is 22.9. The van der Waals surface area contributed by atoms with Crippen LogP contribution in [0.25, 0.3) is 0 Å². The van der Waals surface area contributed by atoms with Gasteiger partial charge in [-0.15, -0.1) is 0 Å². The molecule has 10 heteroatoms. The molecule has 174 valence electrons. The van der Waals surface area contributed by atoms with Crippen molar-refractivity contribution >= 4 is 31.6 Å². The summed E-state index contributed by atoms with van der Waals surface area (Å²) < 4.78 is 58.4. The van der Waals surface area contributed by atoms with Gasteiger partial charge in [0.1, 0.15) is 11.9 Å². The minimum absolute atomic E-state index is 0.0887. The highest BCUT2D eigenvalue weighted by Gasteiger charge is 2.33. The van der Waals surface area contributed by atoms with Crippen molar-refractivity contribution < 1.29 is 21.6 Å². The van der Waals surface area contributed by atoms with Crippen LogP contribution in [0.5, 0.6) is 5.75 Å². The van der Waals surface area contributed by atoms with Crippen LogP contribution in [0.2, 0.25) is 5.02 Å². The van der Waals surface area contributed by atoms with Gasteiger partial charge in [-0.3, -0.25) is 0 Å². The number of rotatable bonds is 6. The van der Waals surface area contributed by atoms with Crippen LogP contribution >= 0.6 is 11.6 Å². The molecule has 1 unspecified atom stereocenters. The van der Waals surface area contributed by atoms with Gasteiger partial charge in [-0.25, -0.2) is 21.1 Å². The summed E-state index contributed by atoms with van der Waals surface area (Å²) in [7, 11) is -6.76. The Morgan fingerprint density at radius 3 is 2.03 bits per heavy atom. The van der Waals surface area contributed by atoms with Gasteiger partial charge < -0.3 is 4.74 Å². The van der Waals surface area contributed by atoms with Crippen molar-refractivity contribution in [3.63, 3.8) is 0 Å². The number of halogens is 1. The van der Waals surface area contributed by atoms with Crippen LogP contribution in [0.15, 0.2) is 53.4 Å². The number of nitrogens with zero attached hydrogens (tertiary/aromatic N) is 2. The first kappa shape index (κ1) is 23.5. The molecule has 0 saturated carbocycles. The van der Waals surface area contributed by atoms with Gasteiger partial charge in [0.25, 0.3) is 0 Å². The van der Waals surface area contributed by atoms with E-state index in [2.05, 4.69) is 0 Å². The van der Waals surface area contributed by atoms with E-state index in [0.717, 1.165) is 12.0 Å². The fourth-order valence-corrected chi connectivity index (χ4v) is 6.77.